The van der Waals surface area contributed by atoms with Crippen molar-refractivity contribution >= 4 is 11.6 Å². The number of benzene rings is 1. The Morgan fingerprint density at radius 1 is 1.00 bits per heavy atom. The molecule has 0 saturated carbocycles. The minimum Gasteiger partial charge on any atom is -0.371 e. The molecule has 0 spiro atoms. The first-order valence-corrected chi connectivity index (χ1v) is 7.82. The first-order chi connectivity index (χ1) is 10.2. The van der Waals surface area contributed by atoms with Crippen LogP contribution in [0.3, 0.4) is 0 Å². The Bertz CT molecular complexity index is 491. The topological polar surface area (TPSA) is 38.8 Å². The number of carbonyl (C=O) groups excluding carboxylic acids is 1. The molecule has 0 aromatic heterocycles. The van der Waals surface area contributed by atoms with Gasteiger partial charge in [0.05, 0.1) is 5.56 Å². The summed E-state index contributed by atoms with van der Waals surface area (Å²) in [6.07, 6.45) is 2.43. The third kappa shape index (κ3) is 3.36. The van der Waals surface area contributed by atoms with Gasteiger partial charge >= 0.3 is 0 Å². The average Bonchev–Trinajstić information content (AvgIpc) is 3.04. The number of nitrogens with zero attached hydrogens (tertiary/aromatic N) is 3. The van der Waals surface area contributed by atoms with Crippen molar-refractivity contribution in [1.82, 2.24) is 15.3 Å². The van der Waals surface area contributed by atoms with E-state index in [1.807, 2.05) is 23.2 Å². The zero-order chi connectivity index (χ0) is 14.7. The monoisotopic (exact) mass is 288 g/mol. The first-order valence-electron chi connectivity index (χ1n) is 7.82. The van der Waals surface area contributed by atoms with E-state index >= 15 is 0 Å². The van der Waals surface area contributed by atoms with E-state index in [9.17, 15) is 4.79 Å². The Labute approximate surface area is 126 Å². The van der Waals surface area contributed by atoms with Crippen molar-refractivity contribution in [2.45, 2.75) is 12.8 Å². The predicted octanol–water partition coefficient (Wildman–Crippen LogP) is 1.18. The number of likely N-dealkylation sites (N-methyl/N-ethyl adjacent to an activating group) is 1. The Balaban J connectivity index is 1.69. The molecule has 0 bridgehead atoms. The van der Waals surface area contributed by atoms with Crippen LogP contribution < -0.4 is 10.3 Å². The molecule has 2 saturated heterocycles. The third-order valence-corrected chi connectivity index (χ3v) is 4.36. The Morgan fingerprint density at radius 2 is 1.67 bits per heavy atom. The smallest absolute Gasteiger partial charge is 0.267 e. The van der Waals surface area contributed by atoms with Gasteiger partial charge in [-0.05, 0) is 32.0 Å². The number of carbonyl (C=O) groups is 1. The van der Waals surface area contributed by atoms with Crippen molar-refractivity contribution in [3.05, 3.63) is 29.8 Å². The van der Waals surface area contributed by atoms with E-state index in [0.717, 1.165) is 50.5 Å². The number of nitrogens with one attached hydrogen (secondary N) is 1. The van der Waals surface area contributed by atoms with Crippen LogP contribution in [0.15, 0.2) is 24.3 Å². The van der Waals surface area contributed by atoms with E-state index in [-0.39, 0.29) is 5.91 Å². The molecule has 2 aliphatic heterocycles. The van der Waals surface area contributed by atoms with Crippen LogP contribution >= 0.6 is 0 Å². The Morgan fingerprint density at radius 3 is 2.38 bits per heavy atom. The molecule has 1 aromatic rings. The van der Waals surface area contributed by atoms with Crippen molar-refractivity contribution in [3.8, 4) is 0 Å². The van der Waals surface area contributed by atoms with Gasteiger partial charge in [0.25, 0.3) is 5.91 Å². The van der Waals surface area contributed by atoms with Crippen LogP contribution in [-0.2, 0) is 0 Å². The molecule has 0 atom stereocenters. The molecule has 5 nitrogen and oxygen atoms in total. The number of rotatable bonds is 3. The van der Waals surface area contributed by atoms with Crippen molar-refractivity contribution in [2.75, 3.05) is 51.2 Å². The normalized spacial score (nSPS) is 20.7. The highest BCUT2D eigenvalue weighted by molar-refractivity contribution is 5.99. The molecule has 2 fully saturated rings. The van der Waals surface area contributed by atoms with Gasteiger partial charge in [-0.15, -0.1) is 0 Å². The fraction of sp³-hybridized carbons (Fsp3) is 0.562. The summed E-state index contributed by atoms with van der Waals surface area (Å²) in [5, 5.41) is 2.03. The molecule has 114 valence electrons. The van der Waals surface area contributed by atoms with Crippen LogP contribution in [0.5, 0.6) is 0 Å². The molecule has 1 amide bonds. The van der Waals surface area contributed by atoms with Gasteiger partial charge in [0.2, 0.25) is 0 Å². The molecule has 1 aromatic carbocycles. The molecule has 3 rings (SSSR count). The molecule has 0 radical (unpaired) electrons. The molecular weight excluding hydrogens is 264 g/mol. The summed E-state index contributed by atoms with van der Waals surface area (Å²) in [5.41, 5.74) is 4.92. The Kier molecular flexibility index (Phi) is 4.41. The molecule has 21 heavy (non-hydrogen) atoms. The van der Waals surface area contributed by atoms with Crippen molar-refractivity contribution in [1.29, 1.82) is 0 Å². The SMILES string of the molecule is CN1CCN(NC(=O)c2ccccc2N2CCCC2)CC1. The fourth-order valence-electron chi connectivity index (χ4n) is 3.02. The highest BCUT2D eigenvalue weighted by Crippen LogP contribution is 2.24. The maximum absolute atomic E-state index is 12.6. The third-order valence-electron chi connectivity index (χ3n) is 4.36. The van der Waals surface area contributed by atoms with E-state index in [1.54, 1.807) is 0 Å². The lowest BCUT2D eigenvalue weighted by atomic mass is 10.1. The quantitative estimate of drug-likeness (QED) is 0.906. The van der Waals surface area contributed by atoms with Gasteiger partial charge in [-0.25, -0.2) is 5.01 Å². The van der Waals surface area contributed by atoms with Crippen LogP contribution in [0.25, 0.3) is 0 Å². The van der Waals surface area contributed by atoms with Crippen molar-refractivity contribution < 1.29 is 4.79 Å². The summed E-state index contributed by atoms with van der Waals surface area (Å²) >= 11 is 0. The van der Waals surface area contributed by atoms with Crippen molar-refractivity contribution in [2.24, 2.45) is 0 Å². The minimum atomic E-state index is 0.0158. The Hall–Kier alpha value is -1.59. The number of amides is 1. The van der Waals surface area contributed by atoms with E-state index < -0.39 is 0 Å². The van der Waals surface area contributed by atoms with Gasteiger partial charge in [0.1, 0.15) is 0 Å². The summed E-state index contributed by atoms with van der Waals surface area (Å²) in [6.45, 7) is 5.86. The summed E-state index contributed by atoms with van der Waals surface area (Å²) in [4.78, 5) is 17.2. The molecular formula is C16H24N4O. The molecule has 2 heterocycles. The van der Waals surface area contributed by atoms with E-state index in [0.29, 0.717) is 0 Å². The largest absolute Gasteiger partial charge is 0.371 e. The summed E-state index contributed by atoms with van der Waals surface area (Å²) in [7, 11) is 2.11. The maximum Gasteiger partial charge on any atom is 0.267 e. The number of hydrogen-bond acceptors (Lipinski definition) is 4. The average molecular weight is 288 g/mol. The highest BCUT2D eigenvalue weighted by Gasteiger charge is 2.21. The van der Waals surface area contributed by atoms with Crippen LogP contribution in [0, 0.1) is 0 Å². The maximum atomic E-state index is 12.6. The van der Waals surface area contributed by atoms with Crippen LogP contribution in [0.2, 0.25) is 0 Å². The second-order valence-electron chi connectivity index (χ2n) is 5.94. The number of hydrogen-bond donors (Lipinski definition) is 1. The highest BCUT2D eigenvalue weighted by atomic mass is 16.2. The van der Waals surface area contributed by atoms with Gasteiger partial charge in [0.15, 0.2) is 0 Å². The lowest BCUT2D eigenvalue weighted by molar-refractivity contribution is 0.0663. The van der Waals surface area contributed by atoms with Gasteiger partial charge in [-0.1, -0.05) is 12.1 Å². The number of para-hydroxylation sites is 1. The van der Waals surface area contributed by atoms with E-state index in [2.05, 4.69) is 28.3 Å². The molecule has 0 unspecified atom stereocenters. The summed E-state index contributed by atoms with van der Waals surface area (Å²) in [6, 6.07) is 7.95. The standard InChI is InChI=1S/C16H24N4O/c1-18-10-12-20(13-11-18)17-16(21)14-6-2-3-7-15(14)19-8-4-5-9-19/h2-3,6-7H,4-5,8-13H2,1H3,(H,17,21). The lowest BCUT2D eigenvalue weighted by Crippen LogP contribution is -2.52. The van der Waals surface area contributed by atoms with Gasteiger partial charge < -0.3 is 9.80 Å². The number of anilines is 1. The fourth-order valence-corrected chi connectivity index (χ4v) is 3.02. The summed E-state index contributed by atoms with van der Waals surface area (Å²) in [5.74, 6) is 0.0158. The van der Waals surface area contributed by atoms with Gasteiger partial charge in [0, 0.05) is 45.0 Å². The molecule has 2 aliphatic rings. The second-order valence-corrected chi connectivity index (χ2v) is 5.94. The second kappa shape index (κ2) is 6.45. The van der Waals surface area contributed by atoms with Gasteiger partial charge in [-0.3, -0.25) is 10.2 Å². The molecule has 0 aliphatic carbocycles. The summed E-state index contributed by atoms with van der Waals surface area (Å²) < 4.78 is 0. The van der Waals surface area contributed by atoms with Crippen molar-refractivity contribution in [3.63, 3.8) is 0 Å². The minimum absolute atomic E-state index is 0.0158. The molecule has 1 N–H and O–H groups in total. The zero-order valence-electron chi connectivity index (χ0n) is 12.7. The van der Waals surface area contributed by atoms with E-state index in [1.165, 1.54) is 12.8 Å². The number of piperazine rings is 1. The van der Waals surface area contributed by atoms with Gasteiger partial charge in [-0.2, -0.15) is 0 Å². The van der Waals surface area contributed by atoms with Crippen LogP contribution in [-0.4, -0.2) is 62.1 Å². The number of hydrazine groups is 1. The molecule has 5 heteroatoms. The first kappa shape index (κ1) is 14.4. The predicted molar refractivity (Wildman–Crippen MR) is 84.4 cm³/mol. The zero-order valence-corrected chi connectivity index (χ0v) is 12.7. The van der Waals surface area contributed by atoms with Crippen LogP contribution in [0.4, 0.5) is 5.69 Å². The lowest BCUT2D eigenvalue weighted by Gasteiger charge is -2.32. The van der Waals surface area contributed by atoms with E-state index in [4.69, 9.17) is 0 Å². The van der Waals surface area contributed by atoms with Crippen LogP contribution in [0.1, 0.15) is 23.2 Å².